The zero-order valence-corrected chi connectivity index (χ0v) is 9.23. The number of ether oxygens (including phenoxy) is 2. The quantitative estimate of drug-likeness (QED) is 0.601. The predicted octanol–water partition coefficient (Wildman–Crippen LogP) is -0.410. The van der Waals surface area contributed by atoms with E-state index in [1.165, 1.54) is 14.2 Å². The van der Waals surface area contributed by atoms with Crippen molar-refractivity contribution in [1.82, 2.24) is 10.6 Å². The van der Waals surface area contributed by atoms with Gasteiger partial charge in [0, 0.05) is 0 Å². The number of methoxy groups -OCH3 is 2. The molecule has 1 aliphatic carbocycles. The number of hydrogen-bond donors (Lipinski definition) is 3. The van der Waals surface area contributed by atoms with Gasteiger partial charge in [0.2, 0.25) is 0 Å². The number of aliphatic hydroxyl groups excluding tert-OH is 1. The molecule has 92 valence electrons. The Morgan fingerprint density at radius 2 is 1.44 bits per heavy atom. The molecule has 1 rings (SSSR count). The Morgan fingerprint density at radius 1 is 1.06 bits per heavy atom. The molecule has 1 aliphatic rings. The van der Waals surface area contributed by atoms with Crippen molar-refractivity contribution in [1.29, 1.82) is 0 Å². The molecule has 3 atom stereocenters. The zero-order valence-electron chi connectivity index (χ0n) is 9.23. The lowest BCUT2D eigenvalue weighted by molar-refractivity contribution is 0.156. The topological polar surface area (TPSA) is 96.9 Å². The summed E-state index contributed by atoms with van der Waals surface area (Å²) in [6.07, 6.45) is -0.969. The van der Waals surface area contributed by atoms with Gasteiger partial charge in [-0.25, -0.2) is 9.59 Å². The smallest absolute Gasteiger partial charge is 0.407 e. The Balaban J connectivity index is 2.52. The molecule has 0 heterocycles. The highest BCUT2D eigenvalue weighted by molar-refractivity contribution is 5.69. The molecular formula is C9H16N2O5. The fourth-order valence-electron chi connectivity index (χ4n) is 1.75. The minimum atomic E-state index is -0.587. The minimum Gasteiger partial charge on any atom is -0.453 e. The van der Waals surface area contributed by atoms with Gasteiger partial charge in [-0.05, 0) is 12.8 Å². The fourth-order valence-corrected chi connectivity index (χ4v) is 1.75. The number of rotatable bonds is 2. The van der Waals surface area contributed by atoms with Crippen LogP contribution in [0.2, 0.25) is 0 Å². The van der Waals surface area contributed by atoms with Crippen molar-refractivity contribution in [3.8, 4) is 0 Å². The van der Waals surface area contributed by atoms with E-state index in [0.717, 1.165) is 0 Å². The van der Waals surface area contributed by atoms with E-state index in [9.17, 15) is 14.7 Å². The maximum atomic E-state index is 11.0. The summed E-state index contributed by atoms with van der Waals surface area (Å²) in [6.45, 7) is 0. The molecular weight excluding hydrogens is 216 g/mol. The average Bonchev–Trinajstić information content (AvgIpc) is 2.58. The molecule has 0 bridgehead atoms. The summed E-state index contributed by atoms with van der Waals surface area (Å²) in [5, 5.41) is 14.6. The van der Waals surface area contributed by atoms with Gasteiger partial charge < -0.3 is 25.2 Å². The lowest BCUT2D eigenvalue weighted by atomic mass is 10.2. The van der Waals surface area contributed by atoms with Crippen molar-refractivity contribution in [2.45, 2.75) is 31.0 Å². The van der Waals surface area contributed by atoms with Crippen molar-refractivity contribution < 1.29 is 24.2 Å². The Morgan fingerprint density at radius 3 is 1.75 bits per heavy atom. The van der Waals surface area contributed by atoms with E-state index in [0.29, 0.717) is 12.8 Å². The van der Waals surface area contributed by atoms with Crippen LogP contribution < -0.4 is 10.6 Å². The van der Waals surface area contributed by atoms with Gasteiger partial charge in [0.1, 0.15) is 0 Å². The zero-order chi connectivity index (χ0) is 12.1. The van der Waals surface area contributed by atoms with Crippen molar-refractivity contribution in [2.75, 3.05) is 14.2 Å². The van der Waals surface area contributed by atoms with Crippen LogP contribution in [0.25, 0.3) is 0 Å². The van der Waals surface area contributed by atoms with Crippen LogP contribution in [0.5, 0.6) is 0 Å². The van der Waals surface area contributed by atoms with Crippen molar-refractivity contribution in [2.24, 2.45) is 0 Å². The van der Waals surface area contributed by atoms with Crippen LogP contribution in [0.4, 0.5) is 9.59 Å². The first kappa shape index (κ1) is 12.6. The first-order valence-corrected chi connectivity index (χ1v) is 4.93. The first-order chi connectivity index (χ1) is 7.56. The van der Waals surface area contributed by atoms with Crippen molar-refractivity contribution in [3.63, 3.8) is 0 Å². The van der Waals surface area contributed by atoms with Gasteiger partial charge in [0.15, 0.2) is 0 Å². The minimum absolute atomic E-state index is 0.346. The Bertz CT molecular complexity index is 245. The van der Waals surface area contributed by atoms with E-state index in [4.69, 9.17) is 0 Å². The molecule has 0 aromatic carbocycles. The lowest BCUT2D eigenvalue weighted by Gasteiger charge is -2.20. The van der Waals surface area contributed by atoms with Gasteiger partial charge in [-0.15, -0.1) is 0 Å². The third-order valence-corrected chi connectivity index (χ3v) is 2.52. The molecule has 1 unspecified atom stereocenters. The number of carbonyl (C=O) groups is 2. The maximum absolute atomic E-state index is 11.0. The van der Waals surface area contributed by atoms with E-state index in [-0.39, 0.29) is 12.1 Å². The van der Waals surface area contributed by atoms with Gasteiger partial charge in [-0.3, -0.25) is 0 Å². The molecule has 3 N–H and O–H groups in total. The summed E-state index contributed by atoms with van der Waals surface area (Å²) in [4.78, 5) is 22.0. The number of nitrogens with one attached hydrogen (secondary N) is 2. The van der Waals surface area contributed by atoms with E-state index < -0.39 is 18.3 Å². The second-order valence-electron chi connectivity index (χ2n) is 3.61. The monoisotopic (exact) mass is 232 g/mol. The highest BCUT2D eigenvalue weighted by atomic mass is 16.5. The summed E-state index contributed by atoms with van der Waals surface area (Å²) in [5.41, 5.74) is 0. The molecule has 2 amide bonds. The SMILES string of the molecule is COC(=O)N[C@H]1CC(O)C[C@H]1NC(=O)OC. The lowest BCUT2D eigenvalue weighted by Crippen LogP contribution is -2.48. The normalized spacial score (nSPS) is 28.3. The summed E-state index contributed by atoms with van der Waals surface area (Å²) in [6, 6.07) is -0.692. The van der Waals surface area contributed by atoms with Crippen LogP contribution in [-0.2, 0) is 9.47 Å². The van der Waals surface area contributed by atoms with Crippen LogP contribution in [0, 0.1) is 0 Å². The predicted molar refractivity (Wildman–Crippen MR) is 53.9 cm³/mol. The Hall–Kier alpha value is -1.50. The summed E-state index contributed by atoms with van der Waals surface area (Å²) < 4.78 is 8.90. The fraction of sp³-hybridized carbons (Fsp3) is 0.778. The molecule has 0 radical (unpaired) electrons. The van der Waals surface area contributed by atoms with Crippen molar-refractivity contribution >= 4 is 12.2 Å². The summed E-state index contributed by atoms with van der Waals surface area (Å²) >= 11 is 0. The van der Waals surface area contributed by atoms with Crippen LogP contribution in [0.3, 0.4) is 0 Å². The average molecular weight is 232 g/mol. The molecule has 7 nitrogen and oxygen atoms in total. The Labute approximate surface area is 93.1 Å². The van der Waals surface area contributed by atoms with E-state index in [2.05, 4.69) is 20.1 Å². The molecule has 0 aliphatic heterocycles. The molecule has 0 saturated heterocycles. The van der Waals surface area contributed by atoms with Gasteiger partial charge in [-0.2, -0.15) is 0 Å². The molecule has 7 heteroatoms. The second kappa shape index (κ2) is 5.55. The highest BCUT2D eigenvalue weighted by Gasteiger charge is 2.35. The van der Waals surface area contributed by atoms with Crippen LogP contribution in [0.15, 0.2) is 0 Å². The van der Waals surface area contributed by atoms with Gasteiger partial charge in [0.05, 0.1) is 32.4 Å². The number of amides is 2. The molecule has 0 aromatic rings. The maximum Gasteiger partial charge on any atom is 0.407 e. The Kier molecular flexibility index (Phi) is 4.36. The summed E-state index contributed by atoms with van der Waals surface area (Å²) in [7, 11) is 2.51. The first-order valence-electron chi connectivity index (χ1n) is 4.93. The molecule has 1 fully saturated rings. The molecule has 0 aromatic heterocycles. The third-order valence-electron chi connectivity index (χ3n) is 2.52. The number of alkyl carbamates (subject to hydrolysis) is 2. The largest absolute Gasteiger partial charge is 0.453 e. The molecule has 16 heavy (non-hydrogen) atoms. The van der Waals surface area contributed by atoms with Gasteiger partial charge in [0.25, 0.3) is 0 Å². The molecule has 1 saturated carbocycles. The summed E-state index contributed by atoms with van der Waals surface area (Å²) in [5.74, 6) is 0. The van der Waals surface area contributed by atoms with Crippen LogP contribution >= 0.6 is 0 Å². The van der Waals surface area contributed by atoms with E-state index in [1.807, 2.05) is 0 Å². The van der Waals surface area contributed by atoms with Crippen molar-refractivity contribution in [3.05, 3.63) is 0 Å². The highest BCUT2D eigenvalue weighted by Crippen LogP contribution is 2.20. The van der Waals surface area contributed by atoms with Crippen LogP contribution in [-0.4, -0.2) is 49.7 Å². The van der Waals surface area contributed by atoms with Crippen LogP contribution in [0.1, 0.15) is 12.8 Å². The number of hydrogen-bond acceptors (Lipinski definition) is 5. The van der Waals surface area contributed by atoms with E-state index >= 15 is 0 Å². The standard InChI is InChI=1S/C9H16N2O5/c1-15-8(13)10-6-3-5(12)4-7(6)11-9(14)16-2/h5-7,12H,3-4H2,1-2H3,(H,10,13)(H,11,14)/t5?,6-,7+. The van der Waals surface area contributed by atoms with Gasteiger partial charge in [-0.1, -0.05) is 0 Å². The second-order valence-corrected chi connectivity index (χ2v) is 3.61. The number of aliphatic hydroxyl groups is 1. The number of carbonyl (C=O) groups excluding carboxylic acids is 2. The van der Waals surface area contributed by atoms with Gasteiger partial charge >= 0.3 is 12.2 Å². The molecule has 0 spiro atoms. The van der Waals surface area contributed by atoms with E-state index in [1.54, 1.807) is 0 Å². The third kappa shape index (κ3) is 3.27.